The summed E-state index contributed by atoms with van der Waals surface area (Å²) in [6.07, 6.45) is 3.81. The van der Waals surface area contributed by atoms with Crippen molar-refractivity contribution in [3.63, 3.8) is 0 Å². The summed E-state index contributed by atoms with van der Waals surface area (Å²) in [7, 11) is 3.12. The average molecular weight is 636 g/mol. The van der Waals surface area contributed by atoms with Gasteiger partial charge in [0.25, 0.3) is 0 Å². The molecule has 0 saturated carbocycles. The predicted octanol–water partition coefficient (Wildman–Crippen LogP) is 6.45. The smallest absolute Gasteiger partial charge is 0.238 e. The number of ketones is 2. The van der Waals surface area contributed by atoms with Gasteiger partial charge in [0.2, 0.25) is 5.91 Å². The van der Waals surface area contributed by atoms with Crippen molar-refractivity contribution >= 4 is 45.2 Å². The van der Waals surface area contributed by atoms with Crippen molar-refractivity contribution in [3.05, 3.63) is 129 Å². The fourth-order valence-corrected chi connectivity index (χ4v) is 7.63. The highest BCUT2D eigenvalue weighted by molar-refractivity contribution is 9.10. The van der Waals surface area contributed by atoms with Crippen LogP contribution in [0.5, 0.6) is 11.5 Å². The summed E-state index contributed by atoms with van der Waals surface area (Å²) in [5.74, 6) is -0.727. The van der Waals surface area contributed by atoms with E-state index in [9.17, 15) is 14.4 Å². The Morgan fingerprint density at radius 2 is 1.58 bits per heavy atom. The number of fused-ring (bicyclic) bond motifs is 6. The van der Waals surface area contributed by atoms with Crippen molar-refractivity contribution in [3.8, 4) is 11.5 Å². The van der Waals surface area contributed by atoms with Crippen molar-refractivity contribution in [1.82, 2.24) is 4.90 Å². The normalized spacial score (nSPS) is 22.9. The van der Waals surface area contributed by atoms with E-state index in [0.717, 1.165) is 11.1 Å². The molecule has 4 atom stereocenters. The van der Waals surface area contributed by atoms with Gasteiger partial charge in [0, 0.05) is 23.0 Å². The number of carbonyl (C=O) groups is 3. The Morgan fingerprint density at radius 3 is 2.33 bits per heavy atom. The molecule has 7 nitrogen and oxygen atoms in total. The standard InChI is InChI=1S/C35H27BrN2O5/c1-42-23-14-11-21(12-15-23)31(39)29-30(32(40)22-13-16-28(43-2)26(36)19-22)38-18-17-20-7-3-4-8-24(20)33(38)35(29)25-9-5-6-10-27(25)37-34(35)41/h3-19,29-30,33H,1-2H3,(H,37,41)/t29-,30+,33-,35+/m0/s1. The van der Waals surface area contributed by atoms with Crippen LogP contribution in [0.2, 0.25) is 0 Å². The number of hydrogen-bond acceptors (Lipinski definition) is 6. The van der Waals surface area contributed by atoms with Gasteiger partial charge in [-0.3, -0.25) is 14.4 Å². The van der Waals surface area contributed by atoms with Gasteiger partial charge in [0.1, 0.15) is 23.0 Å². The van der Waals surface area contributed by atoms with E-state index < -0.39 is 23.4 Å². The summed E-state index contributed by atoms with van der Waals surface area (Å²) in [4.78, 5) is 46.1. The number of benzene rings is 4. The number of hydrogen-bond donors (Lipinski definition) is 1. The molecule has 0 radical (unpaired) electrons. The number of nitrogens with one attached hydrogen (secondary N) is 1. The molecule has 1 saturated heterocycles. The van der Waals surface area contributed by atoms with E-state index in [1.54, 1.807) is 56.7 Å². The molecule has 8 heteroatoms. The number of Topliss-reactive ketones (excluding diaryl/α,β-unsaturated/α-hetero) is 2. The number of rotatable bonds is 6. The van der Waals surface area contributed by atoms with Crippen LogP contribution in [0.15, 0.2) is 102 Å². The molecule has 3 aliphatic heterocycles. The molecule has 1 N–H and O–H groups in total. The highest BCUT2D eigenvalue weighted by Gasteiger charge is 2.70. The van der Waals surface area contributed by atoms with Gasteiger partial charge in [-0.05, 0) is 87.2 Å². The zero-order valence-electron chi connectivity index (χ0n) is 23.4. The second-order valence-electron chi connectivity index (χ2n) is 10.9. The Labute approximate surface area is 257 Å². The Balaban J connectivity index is 1.51. The number of ether oxygens (including phenoxy) is 2. The fourth-order valence-electron chi connectivity index (χ4n) is 7.09. The summed E-state index contributed by atoms with van der Waals surface area (Å²) >= 11 is 3.51. The Morgan fingerprint density at radius 1 is 0.860 bits per heavy atom. The molecule has 0 unspecified atom stereocenters. The van der Waals surface area contributed by atoms with E-state index in [4.69, 9.17) is 9.47 Å². The van der Waals surface area contributed by atoms with Crippen molar-refractivity contribution in [2.45, 2.75) is 17.5 Å². The van der Waals surface area contributed by atoms with Crippen LogP contribution in [-0.2, 0) is 10.2 Å². The maximum atomic E-state index is 14.9. The number of halogens is 1. The lowest BCUT2D eigenvalue weighted by atomic mass is 9.62. The molecule has 0 aliphatic carbocycles. The molecule has 3 aliphatic rings. The molecule has 7 rings (SSSR count). The van der Waals surface area contributed by atoms with Crippen LogP contribution >= 0.6 is 15.9 Å². The second kappa shape index (κ2) is 10.2. The minimum absolute atomic E-state index is 0.265. The SMILES string of the molecule is COc1ccc(C(=O)[C@@H]2[C@H](C(=O)c3ccc(OC)c(Br)c3)N3C=Cc4ccccc4[C@H]3[C@]23C(=O)Nc2ccccc23)cc1. The second-order valence-corrected chi connectivity index (χ2v) is 11.7. The number of anilines is 1. The maximum Gasteiger partial charge on any atom is 0.238 e. The summed E-state index contributed by atoms with van der Waals surface area (Å²) in [6, 6.07) is 25.7. The Hall–Kier alpha value is -4.69. The average Bonchev–Trinajstić information content (AvgIpc) is 3.52. The van der Waals surface area contributed by atoms with Crippen molar-refractivity contribution in [2.24, 2.45) is 5.92 Å². The number of methoxy groups -OCH3 is 2. The van der Waals surface area contributed by atoms with Crippen LogP contribution in [0.1, 0.15) is 43.4 Å². The highest BCUT2D eigenvalue weighted by atomic mass is 79.9. The summed E-state index contributed by atoms with van der Waals surface area (Å²) < 4.78 is 11.3. The van der Waals surface area contributed by atoms with Crippen LogP contribution in [0.4, 0.5) is 5.69 Å². The largest absolute Gasteiger partial charge is 0.497 e. The first-order chi connectivity index (χ1) is 20.9. The summed E-state index contributed by atoms with van der Waals surface area (Å²) in [6.45, 7) is 0. The molecular weight excluding hydrogens is 608 g/mol. The van der Waals surface area contributed by atoms with Crippen molar-refractivity contribution in [1.29, 1.82) is 0 Å². The van der Waals surface area contributed by atoms with E-state index >= 15 is 0 Å². The minimum atomic E-state index is -1.39. The number of amides is 1. The molecule has 4 aromatic rings. The lowest BCUT2D eigenvalue weighted by Crippen LogP contribution is -2.49. The third kappa shape index (κ3) is 3.89. The Bertz CT molecular complexity index is 1830. The first kappa shape index (κ1) is 27.2. The van der Waals surface area contributed by atoms with Crippen LogP contribution in [0.25, 0.3) is 6.08 Å². The van der Waals surface area contributed by atoms with E-state index in [2.05, 4.69) is 21.2 Å². The van der Waals surface area contributed by atoms with Crippen LogP contribution in [0.3, 0.4) is 0 Å². The quantitative estimate of drug-likeness (QED) is 0.246. The van der Waals surface area contributed by atoms with E-state index in [-0.39, 0.29) is 17.5 Å². The lowest BCUT2D eigenvalue weighted by Gasteiger charge is -2.38. The van der Waals surface area contributed by atoms with Crippen molar-refractivity contribution in [2.75, 3.05) is 19.5 Å². The van der Waals surface area contributed by atoms with Gasteiger partial charge >= 0.3 is 0 Å². The molecule has 0 bridgehead atoms. The van der Waals surface area contributed by atoms with Crippen LogP contribution in [-0.4, -0.2) is 42.6 Å². The van der Waals surface area contributed by atoms with Crippen molar-refractivity contribution < 1.29 is 23.9 Å². The molecule has 3 heterocycles. The molecule has 4 aromatic carbocycles. The number of para-hydroxylation sites is 1. The van der Waals surface area contributed by atoms with Gasteiger partial charge < -0.3 is 19.7 Å². The van der Waals surface area contributed by atoms with Gasteiger partial charge in [0.15, 0.2) is 11.6 Å². The van der Waals surface area contributed by atoms with Crippen LogP contribution in [0, 0.1) is 5.92 Å². The molecule has 1 fully saturated rings. The van der Waals surface area contributed by atoms with Gasteiger partial charge in [-0.1, -0.05) is 42.5 Å². The number of nitrogens with zero attached hydrogens (tertiary/aromatic N) is 1. The van der Waals surface area contributed by atoms with Gasteiger partial charge in [-0.2, -0.15) is 0 Å². The minimum Gasteiger partial charge on any atom is -0.497 e. The molecule has 0 aromatic heterocycles. The van der Waals surface area contributed by atoms with Gasteiger partial charge in [0.05, 0.1) is 30.7 Å². The Kier molecular flexibility index (Phi) is 6.47. The molecular formula is C35H27BrN2O5. The zero-order valence-corrected chi connectivity index (χ0v) is 25.0. The third-order valence-corrected chi connectivity index (χ3v) is 9.55. The highest BCUT2D eigenvalue weighted by Crippen LogP contribution is 2.62. The molecule has 1 amide bonds. The summed E-state index contributed by atoms with van der Waals surface area (Å²) in [5.41, 5.74) is 2.59. The lowest BCUT2D eigenvalue weighted by molar-refractivity contribution is -0.122. The molecule has 1 spiro atoms. The summed E-state index contributed by atoms with van der Waals surface area (Å²) in [5, 5.41) is 3.07. The molecule has 214 valence electrons. The van der Waals surface area contributed by atoms with Gasteiger partial charge in [-0.15, -0.1) is 0 Å². The number of carbonyl (C=O) groups excluding carboxylic acids is 3. The van der Waals surface area contributed by atoms with Crippen LogP contribution < -0.4 is 14.8 Å². The fraction of sp³-hybridized carbons (Fsp3) is 0.171. The van der Waals surface area contributed by atoms with E-state index in [0.29, 0.717) is 38.3 Å². The monoisotopic (exact) mass is 634 g/mol. The first-order valence-corrected chi connectivity index (χ1v) is 14.7. The first-order valence-electron chi connectivity index (χ1n) is 13.9. The topological polar surface area (TPSA) is 84.9 Å². The van der Waals surface area contributed by atoms with E-state index in [1.165, 1.54) is 0 Å². The molecule has 43 heavy (non-hydrogen) atoms. The third-order valence-electron chi connectivity index (χ3n) is 8.93. The predicted molar refractivity (Wildman–Crippen MR) is 166 cm³/mol. The van der Waals surface area contributed by atoms with E-state index in [1.807, 2.05) is 65.7 Å². The van der Waals surface area contributed by atoms with Gasteiger partial charge in [-0.25, -0.2) is 0 Å². The zero-order chi connectivity index (χ0) is 29.9. The maximum absolute atomic E-state index is 14.9.